The normalized spacial score (nSPS) is 10.2. The molecule has 0 atom stereocenters. The summed E-state index contributed by atoms with van der Waals surface area (Å²) in [5.41, 5.74) is 0.484. The predicted molar refractivity (Wildman–Crippen MR) is 66.1 cm³/mol. The zero-order valence-electron chi connectivity index (χ0n) is 9.12. The van der Waals surface area contributed by atoms with Crippen LogP contribution in [0.2, 0.25) is 10.4 Å². The van der Waals surface area contributed by atoms with Crippen LogP contribution in [0.15, 0.2) is 18.2 Å². The van der Waals surface area contributed by atoms with Gasteiger partial charge in [0.15, 0.2) is 11.0 Å². The lowest BCUT2D eigenvalue weighted by molar-refractivity contribution is 0.413. The number of halogens is 3. The third kappa shape index (κ3) is 2.77. The Balaban J connectivity index is 2.36. The van der Waals surface area contributed by atoms with E-state index in [4.69, 9.17) is 27.9 Å². The SMILES string of the molecule is COc1cc(F)ccc1Nc1nc(Cl)nnc1Cl. The van der Waals surface area contributed by atoms with Crippen molar-refractivity contribution in [1.29, 1.82) is 0 Å². The zero-order valence-corrected chi connectivity index (χ0v) is 10.6. The summed E-state index contributed by atoms with van der Waals surface area (Å²) in [4.78, 5) is 3.87. The van der Waals surface area contributed by atoms with Gasteiger partial charge in [0.05, 0.1) is 12.8 Å². The van der Waals surface area contributed by atoms with Crippen molar-refractivity contribution in [3.63, 3.8) is 0 Å². The highest BCUT2D eigenvalue weighted by Crippen LogP contribution is 2.29. The molecule has 0 radical (unpaired) electrons. The predicted octanol–water partition coefficient (Wildman–Crippen LogP) is 3.07. The summed E-state index contributed by atoms with van der Waals surface area (Å²) in [6.45, 7) is 0. The van der Waals surface area contributed by atoms with E-state index < -0.39 is 5.82 Å². The zero-order chi connectivity index (χ0) is 13.1. The lowest BCUT2D eigenvalue weighted by atomic mass is 10.3. The van der Waals surface area contributed by atoms with Crippen LogP contribution < -0.4 is 10.1 Å². The van der Waals surface area contributed by atoms with Gasteiger partial charge in [-0.3, -0.25) is 0 Å². The van der Waals surface area contributed by atoms with E-state index in [0.29, 0.717) is 11.4 Å². The molecule has 1 heterocycles. The first-order valence-electron chi connectivity index (χ1n) is 4.76. The van der Waals surface area contributed by atoms with E-state index in [2.05, 4.69) is 20.5 Å². The lowest BCUT2D eigenvalue weighted by Crippen LogP contribution is -2.00. The molecule has 2 aromatic rings. The minimum absolute atomic E-state index is 0.0470. The van der Waals surface area contributed by atoms with Gasteiger partial charge in [0.1, 0.15) is 11.6 Å². The molecule has 1 aromatic carbocycles. The van der Waals surface area contributed by atoms with E-state index in [1.54, 1.807) is 0 Å². The van der Waals surface area contributed by atoms with Crippen molar-refractivity contribution >= 4 is 34.7 Å². The van der Waals surface area contributed by atoms with Crippen molar-refractivity contribution in [2.75, 3.05) is 12.4 Å². The minimum Gasteiger partial charge on any atom is -0.494 e. The first kappa shape index (κ1) is 12.8. The monoisotopic (exact) mass is 288 g/mol. The van der Waals surface area contributed by atoms with Crippen LogP contribution in [0.25, 0.3) is 0 Å². The number of hydrogen-bond donors (Lipinski definition) is 1. The Kier molecular flexibility index (Phi) is 3.78. The summed E-state index contributed by atoms with van der Waals surface area (Å²) in [6.07, 6.45) is 0. The Hall–Kier alpha value is -1.66. The van der Waals surface area contributed by atoms with Gasteiger partial charge in [0.2, 0.25) is 5.28 Å². The maximum Gasteiger partial charge on any atom is 0.245 e. The van der Waals surface area contributed by atoms with E-state index in [1.807, 2.05) is 0 Å². The molecule has 8 heteroatoms. The average molecular weight is 289 g/mol. The molecule has 5 nitrogen and oxygen atoms in total. The number of hydrogen-bond acceptors (Lipinski definition) is 5. The lowest BCUT2D eigenvalue weighted by Gasteiger charge is -2.10. The van der Waals surface area contributed by atoms with Gasteiger partial charge in [-0.15, -0.1) is 10.2 Å². The summed E-state index contributed by atoms with van der Waals surface area (Å²) in [5, 5.41) is 9.90. The van der Waals surface area contributed by atoms with Crippen LogP contribution in [0.4, 0.5) is 15.9 Å². The molecule has 2 rings (SSSR count). The molecule has 1 N–H and O–H groups in total. The van der Waals surface area contributed by atoms with Crippen LogP contribution in [0.3, 0.4) is 0 Å². The van der Waals surface area contributed by atoms with E-state index in [1.165, 1.54) is 25.3 Å². The van der Waals surface area contributed by atoms with Crippen LogP contribution in [0, 0.1) is 5.82 Å². The number of rotatable bonds is 3. The van der Waals surface area contributed by atoms with Crippen molar-refractivity contribution in [2.45, 2.75) is 0 Å². The van der Waals surface area contributed by atoms with Gasteiger partial charge in [-0.25, -0.2) is 4.39 Å². The highest BCUT2D eigenvalue weighted by molar-refractivity contribution is 6.32. The van der Waals surface area contributed by atoms with Crippen molar-refractivity contribution in [3.8, 4) is 5.75 Å². The Labute approximate surface area is 112 Å². The first-order chi connectivity index (χ1) is 8.60. The largest absolute Gasteiger partial charge is 0.494 e. The number of aromatic nitrogens is 3. The second-order valence-corrected chi connectivity index (χ2v) is 3.89. The molecule has 1 aromatic heterocycles. The maximum atomic E-state index is 13.0. The average Bonchev–Trinajstić information content (AvgIpc) is 2.36. The third-order valence-corrected chi connectivity index (χ3v) is 2.45. The quantitative estimate of drug-likeness (QED) is 0.941. The molecule has 0 bridgehead atoms. The molecule has 0 unspecified atom stereocenters. The Morgan fingerprint density at radius 3 is 2.78 bits per heavy atom. The summed E-state index contributed by atoms with van der Waals surface area (Å²) in [6, 6.07) is 3.99. The van der Waals surface area contributed by atoms with Crippen LogP contribution in [0.5, 0.6) is 5.75 Å². The summed E-state index contributed by atoms with van der Waals surface area (Å²) in [7, 11) is 1.42. The second-order valence-electron chi connectivity index (χ2n) is 3.19. The molecular weight excluding hydrogens is 282 g/mol. The molecule has 0 saturated carbocycles. The van der Waals surface area contributed by atoms with Gasteiger partial charge in [0, 0.05) is 6.07 Å². The number of methoxy groups -OCH3 is 1. The van der Waals surface area contributed by atoms with Crippen molar-refractivity contribution in [1.82, 2.24) is 15.2 Å². The van der Waals surface area contributed by atoms with Crippen molar-refractivity contribution < 1.29 is 9.13 Å². The molecule has 0 fully saturated rings. The standard InChI is InChI=1S/C10H7Cl2FN4O/c1-18-7-4-5(13)2-3-6(7)14-9-8(11)16-17-10(12)15-9/h2-4H,1H3,(H,14,15,17). The molecule has 0 aliphatic carbocycles. The molecule has 0 aliphatic rings. The van der Waals surface area contributed by atoms with Crippen molar-refractivity contribution in [3.05, 3.63) is 34.5 Å². The smallest absolute Gasteiger partial charge is 0.245 e. The molecule has 18 heavy (non-hydrogen) atoms. The molecular formula is C10H7Cl2FN4O. The number of ether oxygens (including phenoxy) is 1. The fraction of sp³-hybridized carbons (Fsp3) is 0.100. The third-order valence-electron chi connectivity index (χ3n) is 2.04. The van der Waals surface area contributed by atoms with E-state index in [0.717, 1.165) is 0 Å². The van der Waals surface area contributed by atoms with Crippen LogP contribution >= 0.6 is 23.2 Å². The van der Waals surface area contributed by atoms with Crippen LogP contribution in [-0.2, 0) is 0 Å². The minimum atomic E-state index is -0.414. The number of nitrogens with zero attached hydrogens (tertiary/aromatic N) is 3. The Morgan fingerprint density at radius 2 is 2.06 bits per heavy atom. The highest BCUT2D eigenvalue weighted by atomic mass is 35.5. The highest BCUT2D eigenvalue weighted by Gasteiger charge is 2.10. The van der Waals surface area contributed by atoms with E-state index >= 15 is 0 Å². The van der Waals surface area contributed by atoms with Gasteiger partial charge in [-0.2, -0.15) is 4.98 Å². The number of anilines is 2. The van der Waals surface area contributed by atoms with E-state index in [9.17, 15) is 4.39 Å². The fourth-order valence-electron chi connectivity index (χ4n) is 1.27. The van der Waals surface area contributed by atoms with Gasteiger partial charge >= 0.3 is 0 Å². The van der Waals surface area contributed by atoms with Gasteiger partial charge < -0.3 is 10.1 Å². The number of nitrogens with one attached hydrogen (secondary N) is 1. The first-order valence-corrected chi connectivity index (χ1v) is 5.52. The maximum absolute atomic E-state index is 13.0. The topological polar surface area (TPSA) is 59.9 Å². The molecule has 0 amide bonds. The summed E-state index contributed by atoms with van der Waals surface area (Å²) < 4.78 is 18.0. The fourth-order valence-corrected chi connectivity index (χ4v) is 1.52. The summed E-state index contributed by atoms with van der Waals surface area (Å²) in [5.74, 6) is 0.102. The van der Waals surface area contributed by atoms with Crippen molar-refractivity contribution in [2.24, 2.45) is 0 Å². The molecule has 94 valence electrons. The Bertz CT molecular complexity index is 582. The van der Waals surface area contributed by atoms with Crippen LogP contribution in [-0.4, -0.2) is 22.3 Å². The second kappa shape index (κ2) is 5.32. The number of benzene rings is 1. The molecule has 0 aliphatic heterocycles. The molecule has 0 spiro atoms. The molecule has 0 saturated heterocycles. The van der Waals surface area contributed by atoms with Gasteiger partial charge in [-0.1, -0.05) is 11.6 Å². The van der Waals surface area contributed by atoms with Crippen LogP contribution in [0.1, 0.15) is 0 Å². The Morgan fingerprint density at radius 1 is 1.28 bits per heavy atom. The van der Waals surface area contributed by atoms with Gasteiger partial charge in [0.25, 0.3) is 0 Å². The summed E-state index contributed by atoms with van der Waals surface area (Å²) >= 11 is 11.4. The van der Waals surface area contributed by atoms with E-state index in [-0.39, 0.29) is 16.3 Å². The van der Waals surface area contributed by atoms with Gasteiger partial charge in [-0.05, 0) is 23.7 Å².